The lowest BCUT2D eigenvalue weighted by molar-refractivity contribution is -0.119. The summed E-state index contributed by atoms with van der Waals surface area (Å²) in [6, 6.07) is 22.2. The van der Waals surface area contributed by atoms with Crippen LogP contribution in [-0.2, 0) is 11.3 Å². The average molecular weight is 362 g/mol. The molecule has 3 aromatic carbocycles. The topological polar surface area (TPSA) is 32.8 Å². The summed E-state index contributed by atoms with van der Waals surface area (Å²) in [5.74, 6) is 0.928. The molecule has 0 fully saturated rings. The van der Waals surface area contributed by atoms with Crippen molar-refractivity contribution in [1.82, 2.24) is 4.90 Å². The van der Waals surface area contributed by atoms with Gasteiger partial charge in [-0.25, -0.2) is 0 Å². The van der Waals surface area contributed by atoms with Crippen LogP contribution in [0, 0.1) is 0 Å². The Morgan fingerprint density at radius 1 is 1.00 bits per heavy atom. The Labute approximate surface area is 161 Å². The number of carbonyl (C=O) groups is 1. The minimum atomic E-state index is 0.0965. The smallest absolute Gasteiger partial charge is 0.241 e. The van der Waals surface area contributed by atoms with Crippen molar-refractivity contribution in [3.8, 4) is 5.75 Å². The van der Waals surface area contributed by atoms with Gasteiger partial charge in [-0.15, -0.1) is 0 Å². The zero-order valence-corrected chi connectivity index (χ0v) is 16.2. The normalized spacial score (nSPS) is 11.0. The van der Waals surface area contributed by atoms with Gasteiger partial charge < -0.3 is 9.64 Å². The first-order chi connectivity index (χ1) is 13.1. The minimum Gasteiger partial charge on any atom is -0.497 e. The van der Waals surface area contributed by atoms with Gasteiger partial charge in [0.25, 0.3) is 0 Å². The van der Waals surface area contributed by atoms with E-state index < -0.39 is 0 Å². The molecule has 0 unspecified atom stereocenters. The van der Waals surface area contributed by atoms with Gasteiger partial charge in [0.2, 0.25) is 5.91 Å². The fourth-order valence-electron chi connectivity index (χ4n) is 3.38. The van der Waals surface area contributed by atoms with Crippen molar-refractivity contribution in [3.05, 3.63) is 72.3 Å². The Morgan fingerprint density at radius 2 is 1.74 bits per heavy atom. The van der Waals surface area contributed by atoms with Crippen molar-refractivity contribution < 1.29 is 9.53 Å². The van der Waals surface area contributed by atoms with Gasteiger partial charge in [-0.3, -0.25) is 9.69 Å². The average Bonchev–Trinajstić information content (AvgIpc) is 2.68. The summed E-state index contributed by atoms with van der Waals surface area (Å²) in [4.78, 5) is 16.9. The van der Waals surface area contributed by atoms with E-state index in [1.54, 1.807) is 7.11 Å². The van der Waals surface area contributed by atoms with Gasteiger partial charge in [0.1, 0.15) is 5.75 Å². The quantitative estimate of drug-likeness (QED) is 0.627. The van der Waals surface area contributed by atoms with E-state index in [0.717, 1.165) is 27.8 Å². The SMILES string of the molecule is CCN(C(=O)CN(C)Cc1cccc(OC)c1)c1cccc2ccccc12. The van der Waals surface area contributed by atoms with Crippen LogP contribution >= 0.6 is 0 Å². The summed E-state index contributed by atoms with van der Waals surface area (Å²) in [7, 11) is 3.63. The molecule has 0 aliphatic heterocycles. The van der Waals surface area contributed by atoms with Crippen LogP contribution in [0.3, 0.4) is 0 Å². The maximum Gasteiger partial charge on any atom is 0.241 e. The Morgan fingerprint density at radius 3 is 2.52 bits per heavy atom. The van der Waals surface area contributed by atoms with Gasteiger partial charge in [-0.2, -0.15) is 0 Å². The molecule has 4 nitrogen and oxygen atoms in total. The van der Waals surface area contributed by atoms with Crippen LogP contribution in [0.1, 0.15) is 12.5 Å². The highest BCUT2D eigenvalue weighted by molar-refractivity contribution is 6.04. The van der Waals surface area contributed by atoms with Crippen molar-refractivity contribution in [1.29, 1.82) is 0 Å². The first kappa shape index (κ1) is 18.9. The maximum atomic E-state index is 13.0. The molecule has 0 aromatic heterocycles. The van der Waals surface area contributed by atoms with Crippen LogP contribution in [0.5, 0.6) is 5.75 Å². The Balaban J connectivity index is 1.74. The molecular weight excluding hydrogens is 336 g/mol. The van der Waals surface area contributed by atoms with Gasteiger partial charge in [0.05, 0.1) is 19.3 Å². The second-order valence-electron chi connectivity index (χ2n) is 6.66. The third-order valence-electron chi connectivity index (χ3n) is 4.67. The number of nitrogens with zero attached hydrogens (tertiary/aromatic N) is 2. The van der Waals surface area contributed by atoms with E-state index in [1.807, 2.05) is 72.3 Å². The van der Waals surface area contributed by atoms with Crippen LogP contribution in [0.4, 0.5) is 5.69 Å². The van der Waals surface area contributed by atoms with E-state index in [2.05, 4.69) is 18.2 Å². The fraction of sp³-hybridized carbons (Fsp3) is 0.261. The van der Waals surface area contributed by atoms with Crippen molar-refractivity contribution >= 4 is 22.4 Å². The number of rotatable bonds is 7. The third kappa shape index (κ3) is 4.47. The second kappa shape index (κ2) is 8.69. The number of anilines is 1. The molecule has 3 rings (SSSR count). The Kier molecular flexibility index (Phi) is 6.09. The van der Waals surface area contributed by atoms with Crippen LogP contribution in [0.25, 0.3) is 10.8 Å². The summed E-state index contributed by atoms with van der Waals surface area (Å²) in [6.07, 6.45) is 0. The summed E-state index contributed by atoms with van der Waals surface area (Å²) >= 11 is 0. The zero-order valence-electron chi connectivity index (χ0n) is 16.2. The van der Waals surface area contributed by atoms with Crippen molar-refractivity contribution in [3.63, 3.8) is 0 Å². The summed E-state index contributed by atoms with van der Waals surface area (Å²) in [5.41, 5.74) is 2.09. The zero-order chi connectivity index (χ0) is 19.2. The van der Waals surface area contributed by atoms with Gasteiger partial charge >= 0.3 is 0 Å². The molecule has 1 amide bonds. The highest BCUT2D eigenvalue weighted by Gasteiger charge is 2.18. The molecule has 0 radical (unpaired) electrons. The molecule has 0 atom stereocenters. The number of benzene rings is 3. The molecule has 0 aliphatic carbocycles. The second-order valence-corrected chi connectivity index (χ2v) is 6.66. The van der Waals surface area contributed by atoms with E-state index in [0.29, 0.717) is 19.6 Å². The summed E-state index contributed by atoms with van der Waals surface area (Å²) < 4.78 is 5.28. The van der Waals surface area contributed by atoms with E-state index in [9.17, 15) is 4.79 Å². The first-order valence-corrected chi connectivity index (χ1v) is 9.22. The van der Waals surface area contributed by atoms with Crippen LogP contribution in [0.2, 0.25) is 0 Å². The third-order valence-corrected chi connectivity index (χ3v) is 4.67. The van der Waals surface area contributed by atoms with E-state index in [-0.39, 0.29) is 5.91 Å². The number of methoxy groups -OCH3 is 1. The largest absolute Gasteiger partial charge is 0.497 e. The minimum absolute atomic E-state index is 0.0965. The molecule has 3 aromatic rings. The fourth-order valence-corrected chi connectivity index (χ4v) is 3.38. The Hall–Kier alpha value is -2.85. The Bertz CT molecular complexity index is 918. The molecule has 4 heteroatoms. The maximum absolute atomic E-state index is 13.0. The molecule has 0 heterocycles. The number of fused-ring (bicyclic) bond motifs is 1. The number of ether oxygens (including phenoxy) is 1. The first-order valence-electron chi connectivity index (χ1n) is 9.22. The predicted molar refractivity (Wildman–Crippen MR) is 111 cm³/mol. The van der Waals surface area contributed by atoms with Crippen molar-refractivity contribution in [2.75, 3.05) is 32.1 Å². The molecule has 0 spiro atoms. The van der Waals surface area contributed by atoms with Crippen LogP contribution in [0.15, 0.2) is 66.7 Å². The predicted octanol–water partition coefficient (Wildman–Crippen LogP) is 4.33. The van der Waals surface area contributed by atoms with Crippen molar-refractivity contribution in [2.24, 2.45) is 0 Å². The van der Waals surface area contributed by atoms with E-state index >= 15 is 0 Å². The van der Waals surface area contributed by atoms with Crippen LogP contribution < -0.4 is 9.64 Å². The lowest BCUT2D eigenvalue weighted by Crippen LogP contribution is -2.38. The molecule has 0 saturated carbocycles. The number of carbonyl (C=O) groups excluding carboxylic acids is 1. The van der Waals surface area contributed by atoms with Gasteiger partial charge in [0, 0.05) is 18.5 Å². The standard InChI is InChI=1S/C23H26N2O2/c1-4-25(22-14-8-11-19-10-5-6-13-21(19)22)23(26)17-24(2)16-18-9-7-12-20(15-18)27-3/h5-15H,4,16-17H2,1-3H3. The van der Waals surface area contributed by atoms with Gasteiger partial charge in [-0.1, -0.05) is 48.5 Å². The molecule has 27 heavy (non-hydrogen) atoms. The number of hydrogen-bond acceptors (Lipinski definition) is 3. The summed E-state index contributed by atoms with van der Waals surface area (Å²) in [6.45, 7) is 3.70. The number of likely N-dealkylation sites (N-methyl/N-ethyl adjacent to an activating group) is 2. The molecule has 0 bridgehead atoms. The van der Waals surface area contributed by atoms with E-state index in [1.165, 1.54) is 0 Å². The molecule has 0 aliphatic rings. The number of hydrogen-bond donors (Lipinski definition) is 0. The molecule has 0 N–H and O–H groups in total. The lowest BCUT2D eigenvalue weighted by atomic mass is 10.1. The lowest BCUT2D eigenvalue weighted by Gasteiger charge is -2.25. The molecule has 0 saturated heterocycles. The van der Waals surface area contributed by atoms with E-state index in [4.69, 9.17) is 4.74 Å². The highest BCUT2D eigenvalue weighted by atomic mass is 16.5. The summed E-state index contributed by atoms with van der Waals surface area (Å²) in [5, 5.41) is 2.25. The molecular formula is C23H26N2O2. The highest BCUT2D eigenvalue weighted by Crippen LogP contribution is 2.27. The monoisotopic (exact) mass is 362 g/mol. The van der Waals surface area contributed by atoms with Gasteiger partial charge in [0.15, 0.2) is 0 Å². The molecule has 140 valence electrons. The van der Waals surface area contributed by atoms with Crippen molar-refractivity contribution in [2.45, 2.75) is 13.5 Å². The number of amides is 1. The van der Waals surface area contributed by atoms with Crippen LogP contribution in [-0.4, -0.2) is 38.1 Å². The van der Waals surface area contributed by atoms with Gasteiger partial charge in [-0.05, 0) is 43.1 Å².